The fraction of sp³-hybridized carbons (Fsp3) is 0.745. The van der Waals surface area contributed by atoms with Crippen molar-refractivity contribution in [3.05, 3.63) is 117 Å². The number of phenolic OH excluding ortho intramolecular Hbond substituents is 4. The fourth-order valence-corrected chi connectivity index (χ4v) is 35.8. The largest absolute Gasteiger partial charge is 0.508 e. The summed E-state index contributed by atoms with van der Waals surface area (Å²) in [6.07, 6.45) is 29.6. The summed E-state index contributed by atoms with van der Waals surface area (Å²) in [4.78, 5) is 49.4. The molecule has 14 N–H and O–H groups in total. The van der Waals surface area contributed by atoms with Gasteiger partial charge in [-0.25, -0.2) is 0 Å². The van der Waals surface area contributed by atoms with Crippen LogP contribution in [0.1, 0.15) is 329 Å². The van der Waals surface area contributed by atoms with E-state index in [0.717, 1.165) is 215 Å². The van der Waals surface area contributed by atoms with Crippen molar-refractivity contribution in [1.29, 1.82) is 0 Å². The van der Waals surface area contributed by atoms with Crippen LogP contribution in [-0.2, 0) is 44.9 Å². The Morgan fingerprint density at radius 1 is 0.250 bits per heavy atom. The van der Waals surface area contributed by atoms with Crippen LogP contribution in [0.4, 0.5) is 0 Å². The third-order valence-electron chi connectivity index (χ3n) is 43.0. The Hall–Kier alpha value is -5.64. The van der Waals surface area contributed by atoms with Crippen LogP contribution in [0.15, 0.2) is 72.8 Å². The van der Waals surface area contributed by atoms with Gasteiger partial charge < -0.3 is 71.5 Å². The molecule has 20 aliphatic rings. The van der Waals surface area contributed by atoms with E-state index < -0.39 is 0 Å². The van der Waals surface area contributed by atoms with Crippen molar-refractivity contribution in [3.8, 4) is 23.0 Å². The van der Waals surface area contributed by atoms with Crippen molar-refractivity contribution in [2.24, 2.45) is 138 Å². The summed E-state index contributed by atoms with van der Waals surface area (Å²) < 4.78 is 0. The number of benzene rings is 4. The maximum absolute atomic E-state index is 12.4. The highest BCUT2D eigenvalue weighted by Gasteiger charge is 2.67. The molecule has 24 rings (SSSR count). The fourth-order valence-electron chi connectivity index (χ4n) is 35.8. The number of carbonyl (C=O) groups excluding carboxylic acids is 4. The smallest absolute Gasteiger partial charge is 0.139 e. The number of carbonyl (C=O) groups is 4. The molecule has 18 heteroatoms. The highest BCUT2D eigenvalue weighted by molar-refractivity contribution is 5.89. The molecule has 38 atom stereocenters. The van der Waals surface area contributed by atoms with Crippen LogP contribution in [0.25, 0.3) is 0 Å². The van der Waals surface area contributed by atoms with E-state index in [1.807, 2.05) is 36.4 Å². The molecule has 4 aromatic carbocycles. The molecule has 0 aromatic heterocycles. The van der Waals surface area contributed by atoms with E-state index in [4.69, 9.17) is 0 Å². The van der Waals surface area contributed by atoms with Gasteiger partial charge in [0.05, 0.1) is 61.0 Å². The Morgan fingerprint density at radius 3 is 0.797 bits per heavy atom. The Morgan fingerprint density at radius 2 is 0.500 bits per heavy atom. The van der Waals surface area contributed by atoms with E-state index in [1.165, 1.54) is 22.3 Å². The van der Waals surface area contributed by atoms with E-state index in [9.17, 15) is 90.7 Å². The van der Waals surface area contributed by atoms with Crippen molar-refractivity contribution in [2.75, 3.05) is 0 Å². The van der Waals surface area contributed by atoms with Gasteiger partial charge in [-0.3, -0.25) is 19.2 Å². The zero-order chi connectivity index (χ0) is 90.5. The summed E-state index contributed by atoms with van der Waals surface area (Å²) in [7, 11) is 0. The lowest BCUT2D eigenvalue weighted by molar-refractivity contribution is -0.171. The summed E-state index contributed by atoms with van der Waals surface area (Å²) in [5.41, 5.74) is 9.28. The van der Waals surface area contributed by atoms with Crippen LogP contribution in [0, 0.1) is 138 Å². The molecule has 0 bridgehead atoms. The molecule has 0 amide bonds. The Labute approximate surface area is 759 Å². The standard InChI is InChI=1S/2C19H30O3.2C18H24O3.2C18H22O3/c2*1-18-7-5-12(20)9-11(18)10-15(21)17-13-3-4-16(22)19(13,2)8-6-14(17)18;4*1-18-7-6-13-12-3-2-11(19)8-10(12)9-15(20)17(13)14(18)4-5-16(18)21/h2*11-15,17,20-21H,3-10H2,1-2H3;2*2-3,8,13-17,19-21H,4-7,9H2,1H3;2*2-3,8,13-15,17,19-20H,4-7,9H2,1H3/t11-,12+,13?,14?,15+,17?,18?,19?;11-,12+,13?,14?,15-,17?,18?,19?;13?,14?,15-,16+,17?,18?;13?,14?,15-,16-,17?,18?;2*13?,14?,15-,17?,18?/m111010/s1. The zero-order valence-corrected chi connectivity index (χ0v) is 77.6. The third kappa shape index (κ3) is 14.8. The molecule has 18 nitrogen and oxygen atoms in total. The first-order chi connectivity index (χ1) is 60.7. The maximum atomic E-state index is 12.4. The second-order valence-electron chi connectivity index (χ2n) is 48.2. The van der Waals surface area contributed by atoms with Crippen molar-refractivity contribution < 1.29 is 90.7 Å². The molecular formula is C110H152O18. The highest BCUT2D eigenvalue weighted by atomic mass is 16.3. The Balaban J connectivity index is 0.0000000999. The summed E-state index contributed by atoms with van der Waals surface area (Å²) in [5, 5.41) is 144. The van der Waals surface area contributed by atoms with Crippen LogP contribution in [0.3, 0.4) is 0 Å². The summed E-state index contributed by atoms with van der Waals surface area (Å²) in [6.45, 7) is 17.8. The van der Waals surface area contributed by atoms with Gasteiger partial charge in [0.15, 0.2) is 0 Å². The Bertz CT molecular complexity index is 4570. The number of hydrogen-bond acceptors (Lipinski definition) is 18. The molecule has 0 aliphatic heterocycles. The van der Waals surface area contributed by atoms with Gasteiger partial charge in [-0.1, -0.05) is 79.7 Å². The SMILES string of the molecule is CC12CCC3C(C1CCC2=O)[C@@H](O)C[C@H]1C[C@@H](O)CCC31C.CC12CCC3C(C1CCC2=O)[C@H](O)C[C@H]1C[C@@H](O)CCC31C.CC12CCC3c4ccc(O)cc4C[C@@H](O)C3C1CCC2=O.CC12CCC3c4ccc(O)cc4C[C@@H](O)C3C1CC[C@@H]2O.CC12CCC3c4ccc(O)cc4C[C@H](O)C3C1CCC2=O.CC12CCC3c4ccc(O)cc4C[C@H](O)C3C1CC[C@@H]2O. The summed E-state index contributed by atoms with van der Waals surface area (Å²) in [5.74, 6) is 10.0. The zero-order valence-electron chi connectivity index (χ0n) is 77.6. The number of ketones is 4. The van der Waals surface area contributed by atoms with Gasteiger partial charge >= 0.3 is 0 Å². The van der Waals surface area contributed by atoms with E-state index in [-0.39, 0.29) is 151 Å². The van der Waals surface area contributed by atoms with Crippen LogP contribution in [0.5, 0.6) is 23.0 Å². The first kappa shape index (κ1) is 91.5. The first-order valence-corrected chi connectivity index (χ1v) is 51.0. The molecule has 4 aromatic rings. The number of phenols is 4. The van der Waals surface area contributed by atoms with Crippen LogP contribution in [-0.4, -0.2) is 156 Å². The number of fused-ring (bicyclic) bond motifs is 30. The average molecular weight is 1760 g/mol. The molecular weight excluding hydrogens is 1610 g/mol. The molecule has 0 radical (unpaired) electrons. The molecule has 20 aliphatic carbocycles. The number of Topliss-reactive ketones (excluding diaryl/α,β-unsaturated/α-hetero) is 4. The van der Waals surface area contributed by atoms with Crippen molar-refractivity contribution in [3.63, 3.8) is 0 Å². The second kappa shape index (κ2) is 33.7. The predicted octanol–water partition coefficient (Wildman–Crippen LogP) is 16.6. The van der Waals surface area contributed by atoms with E-state index in [2.05, 4.69) is 55.4 Å². The topological polar surface area (TPSA) is 352 Å². The molecule has 16 fully saturated rings. The van der Waals surface area contributed by atoms with Crippen molar-refractivity contribution in [1.82, 2.24) is 0 Å². The minimum atomic E-state index is -0.389. The number of hydrogen-bond donors (Lipinski definition) is 14. The molecule has 700 valence electrons. The van der Waals surface area contributed by atoms with Gasteiger partial charge in [-0.15, -0.1) is 0 Å². The lowest BCUT2D eigenvalue weighted by Gasteiger charge is -2.61. The summed E-state index contributed by atoms with van der Waals surface area (Å²) in [6, 6.07) is 22.4. The molecule has 0 spiro atoms. The minimum absolute atomic E-state index is 0.0173. The normalized spacial score (nSPS) is 48.2. The number of aliphatic hydroxyl groups is 10. The first-order valence-electron chi connectivity index (χ1n) is 51.0. The van der Waals surface area contributed by atoms with Gasteiger partial charge in [0, 0.05) is 47.3 Å². The molecule has 0 heterocycles. The number of rotatable bonds is 0. The van der Waals surface area contributed by atoms with Gasteiger partial charge in [-0.2, -0.15) is 0 Å². The lowest BCUT2D eigenvalue weighted by atomic mass is 9.44. The highest BCUT2D eigenvalue weighted by Crippen LogP contribution is 2.71. The quantitative estimate of drug-likeness (QED) is 0.0778. The predicted molar refractivity (Wildman–Crippen MR) is 487 cm³/mol. The molecule has 128 heavy (non-hydrogen) atoms. The van der Waals surface area contributed by atoms with Gasteiger partial charge in [-0.05, 0) is 439 Å². The Kier molecular flexibility index (Phi) is 24.1. The monoisotopic (exact) mass is 1760 g/mol. The van der Waals surface area contributed by atoms with Crippen molar-refractivity contribution >= 4 is 23.1 Å². The molecule has 26 unspecified atom stereocenters. The van der Waals surface area contributed by atoms with E-state index in [0.29, 0.717) is 156 Å². The van der Waals surface area contributed by atoms with Crippen LogP contribution < -0.4 is 0 Å². The van der Waals surface area contributed by atoms with Crippen molar-refractivity contribution in [2.45, 2.75) is 371 Å². The number of aliphatic hydroxyl groups excluding tert-OH is 10. The average Bonchev–Trinajstić information content (AvgIpc) is 1.49. The van der Waals surface area contributed by atoms with E-state index >= 15 is 0 Å². The van der Waals surface area contributed by atoms with Gasteiger partial charge in [0.25, 0.3) is 0 Å². The molecule has 0 saturated heterocycles. The second-order valence-corrected chi connectivity index (χ2v) is 48.2. The lowest BCUT2D eigenvalue weighted by Crippen LogP contribution is -2.58. The van der Waals surface area contributed by atoms with E-state index in [1.54, 1.807) is 36.4 Å². The minimum Gasteiger partial charge on any atom is -0.508 e. The third-order valence-corrected chi connectivity index (χ3v) is 43.0. The van der Waals surface area contributed by atoms with Crippen LogP contribution >= 0.6 is 0 Å². The van der Waals surface area contributed by atoms with Gasteiger partial charge in [0.1, 0.15) is 46.1 Å². The van der Waals surface area contributed by atoms with Crippen LogP contribution in [0.2, 0.25) is 0 Å². The maximum Gasteiger partial charge on any atom is 0.139 e. The molecule has 16 saturated carbocycles. The number of aromatic hydroxyl groups is 4. The van der Waals surface area contributed by atoms with Gasteiger partial charge in [0.2, 0.25) is 0 Å². The summed E-state index contributed by atoms with van der Waals surface area (Å²) >= 11 is 0.